The van der Waals surface area contributed by atoms with E-state index in [4.69, 9.17) is 5.73 Å². The Labute approximate surface area is 173 Å². The summed E-state index contributed by atoms with van der Waals surface area (Å²) < 4.78 is 3.87. The summed E-state index contributed by atoms with van der Waals surface area (Å²) in [5.41, 5.74) is 7.89. The third-order valence-electron chi connectivity index (χ3n) is 6.27. The van der Waals surface area contributed by atoms with Crippen molar-refractivity contribution < 1.29 is 4.79 Å². The van der Waals surface area contributed by atoms with Crippen LogP contribution in [0.15, 0.2) is 23.0 Å². The van der Waals surface area contributed by atoms with E-state index in [-0.39, 0.29) is 30.1 Å². The van der Waals surface area contributed by atoms with E-state index >= 15 is 0 Å². The largest absolute Gasteiger partial charge is 0.367 e. The van der Waals surface area contributed by atoms with E-state index < -0.39 is 0 Å². The lowest BCUT2D eigenvalue weighted by atomic mass is 9.95. The fourth-order valence-corrected chi connectivity index (χ4v) is 4.50. The summed E-state index contributed by atoms with van der Waals surface area (Å²) in [5, 5.41) is 9.26. The number of rotatable bonds is 6. The van der Waals surface area contributed by atoms with E-state index in [1.165, 1.54) is 32.1 Å². The maximum atomic E-state index is 13.3. The number of nitrogen functional groups attached to an aromatic ring is 1. The number of hydrogen-bond donors (Lipinski definition) is 3. The lowest BCUT2D eigenvalue weighted by Crippen LogP contribution is -2.29. The Morgan fingerprint density at radius 3 is 2.67 bits per heavy atom. The molecule has 0 bridgehead atoms. The second kappa shape index (κ2) is 7.62. The van der Waals surface area contributed by atoms with Crippen molar-refractivity contribution in [3.8, 4) is 0 Å². The molecule has 0 aliphatic heterocycles. The van der Waals surface area contributed by atoms with Crippen molar-refractivity contribution in [3.05, 3.63) is 40.1 Å². The van der Waals surface area contributed by atoms with Gasteiger partial charge in [0.1, 0.15) is 5.82 Å². The van der Waals surface area contributed by atoms with E-state index in [1.807, 2.05) is 21.3 Å². The minimum atomic E-state index is -0.220. The fourth-order valence-electron chi connectivity index (χ4n) is 4.50. The molecule has 2 saturated carbocycles. The minimum Gasteiger partial charge on any atom is -0.367 e. The first-order valence-electron chi connectivity index (χ1n) is 10.8. The summed E-state index contributed by atoms with van der Waals surface area (Å²) in [7, 11) is 0. The fraction of sp³-hybridized carbons (Fsp3) is 0.524. The zero-order valence-corrected chi connectivity index (χ0v) is 16.9. The minimum absolute atomic E-state index is 0.0680. The van der Waals surface area contributed by atoms with Gasteiger partial charge in [-0.2, -0.15) is 4.98 Å². The van der Waals surface area contributed by atoms with Gasteiger partial charge >= 0.3 is 5.69 Å². The van der Waals surface area contributed by atoms with E-state index in [2.05, 4.69) is 20.5 Å². The van der Waals surface area contributed by atoms with E-state index in [0.29, 0.717) is 17.3 Å². The molecule has 2 aromatic heterocycles. The Morgan fingerprint density at radius 2 is 1.97 bits per heavy atom. The van der Waals surface area contributed by atoms with E-state index in [1.54, 1.807) is 6.07 Å². The van der Waals surface area contributed by atoms with Crippen molar-refractivity contribution in [1.29, 1.82) is 0 Å². The molecule has 0 radical (unpaired) electrons. The van der Waals surface area contributed by atoms with Crippen molar-refractivity contribution >= 4 is 22.9 Å². The van der Waals surface area contributed by atoms with Crippen LogP contribution in [0.3, 0.4) is 0 Å². The molecular weight excluding hydrogens is 382 g/mol. The molecule has 9 heteroatoms. The lowest BCUT2D eigenvalue weighted by molar-refractivity contribution is 0.0950. The summed E-state index contributed by atoms with van der Waals surface area (Å²) in [5.74, 6) is 0.995. The Bertz CT molecular complexity index is 1130. The Hall–Kier alpha value is -3.10. The van der Waals surface area contributed by atoms with Gasteiger partial charge in [0.2, 0.25) is 5.95 Å². The highest BCUT2D eigenvalue weighted by atomic mass is 16.2. The summed E-state index contributed by atoms with van der Waals surface area (Å²) in [6.07, 6.45) is 8.01. The summed E-state index contributed by atoms with van der Waals surface area (Å²) in [4.78, 5) is 30.0. The zero-order chi connectivity index (χ0) is 20.7. The van der Waals surface area contributed by atoms with Gasteiger partial charge in [-0.15, -0.1) is 5.10 Å². The molecule has 9 nitrogen and oxygen atoms in total. The number of nitrogens with zero attached hydrogens (tertiary/aromatic N) is 4. The van der Waals surface area contributed by atoms with Crippen LogP contribution in [0.1, 0.15) is 67.2 Å². The maximum absolute atomic E-state index is 13.3. The van der Waals surface area contributed by atoms with Crippen LogP contribution < -0.4 is 16.7 Å². The third-order valence-corrected chi connectivity index (χ3v) is 6.27. The number of carbonyl (C=O) groups excluding carboxylic acids is 1. The van der Waals surface area contributed by atoms with Crippen LogP contribution in [-0.4, -0.2) is 30.2 Å². The number of fused-ring (bicyclic) bond motifs is 1. The van der Waals surface area contributed by atoms with E-state index in [9.17, 15) is 9.59 Å². The molecule has 3 aromatic rings. The highest BCUT2D eigenvalue weighted by Gasteiger charge is 2.27. The van der Waals surface area contributed by atoms with Crippen LogP contribution in [0, 0.1) is 5.92 Å². The van der Waals surface area contributed by atoms with Crippen LogP contribution in [-0.2, 0) is 13.1 Å². The number of anilines is 1. The molecule has 4 N–H and O–H groups in total. The lowest BCUT2D eigenvalue weighted by Gasteiger charge is -2.23. The normalized spacial score (nSPS) is 17.5. The number of imidazole rings is 1. The second-order valence-electron chi connectivity index (χ2n) is 8.52. The molecule has 5 rings (SSSR count). The van der Waals surface area contributed by atoms with Crippen molar-refractivity contribution in [2.75, 3.05) is 5.73 Å². The highest BCUT2D eigenvalue weighted by molar-refractivity contribution is 5.97. The van der Waals surface area contributed by atoms with Crippen LogP contribution >= 0.6 is 0 Å². The molecule has 2 aliphatic rings. The van der Waals surface area contributed by atoms with Gasteiger partial charge in [-0.05, 0) is 49.8 Å². The van der Waals surface area contributed by atoms with Gasteiger partial charge in [0.05, 0.1) is 17.6 Å². The second-order valence-corrected chi connectivity index (χ2v) is 8.52. The quantitative estimate of drug-likeness (QED) is 0.576. The van der Waals surface area contributed by atoms with Crippen LogP contribution in [0.25, 0.3) is 11.0 Å². The van der Waals surface area contributed by atoms with Crippen molar-refractivity contribution in [2.45, 2.75) is 64.1 Å². The zero-order valence-electron chi connectivity index (χ0n) is 16.9. The monoisotopic (exact) mass is 409 g/mol. The summed E-state index contributed by atoms with van der Waals surface area (Å²) >= 11 is 0. The molecule has 1 aromatic carbocycles. The van der Waals surface area contributed by atoms with Gasteiger partial charge in [0.15, 0.2) is 0 Å². The summed E-state index contributed by atoms with van der Waals surface area (Å²) in [6, 6.07) is 5.83. The number of benzene rings is 1. The smallest absolute Gasteiger partial charge is 0.329 e. The number of aromatic amines is 1. The average molecular weight is 409 g/mol. The first-order chi connectivity index (χ1) is 14.6. The molecule has 0 spiro atoms. The van der Waals surface area contributed by atoms with Gasteiger partial charge in [-0.25, -0.2) is 4.79 Å². The van der Waals surface area contributed by atoms with Gasteiger partial charge in [0, 0.05) is 18.2 Å². The highest BCUT2D eigenvalue weighted by Crippen LogP contribution is 2.33. The summed E-state index contributed by atoms with van der Waals surface area (Å²) in [6.45, 7) is 0.941. The molecule has 0 unspecified atom stereocenters. The van der Waals surface area contributed by atoms with Crippen LogP contribution in [0.4, 0.5) is 5.95 Å². The molecule has 2 heterocycles. The molecule has 30 heavy (non-hydrogen) atoms. The average Bonchev–Trinajstić information content (AvgIpc) is 3.43. The molecule has 2 fully saturated rings. The number of hydrogen-bond acceptors (Lipinski definition) is 5. The Morgan fingerprint density at radius 1 is 1.17 bits per heavy atom. The van der Waals surface area contributed by atoms with Crippen molar-refractivity contribution in [3.63, 3.8) is 0 Å². The topological polar surface area (TPSA) is 124 Å². The van der Waals surface area contributed by atoms with Gasteiger partial charge < -0.3 is 11.1 Å². The van der Waals surface area contributed by atoms with Crippen LogP contribution in [0.2, 0.25) is 0 Å². The van der Waals surface area contributed by atoms with E-state index in [0.717, 1.165) is 30.4 Å². The maximum Gasteiger partial charge on any atom is 0.329 e. The first kappa shape index (κ1) is 18.9. The number of amides is 1. The van der Waals surface area contributed by atoms with Gasteiger partial charge in [-0.1, -0.05) is 19.3 Å². The number of nitrogens with one attached hydrogen (secondary N) is 2. The molecular formula is C21H27N7O2. The molecule has 158 valence electrons. The first-order valence-corrected chi connectivity index (χ1v) is 10.8. The Kier molecular flexibility index (Phi) is 4.80. The number of carbonyl (C=O) groups is 1. The predicted octanol–water partition coefficient (Wildman–Crippen LogP) is 2.35. The molecule has 1 amide bonds. The molecule has 2 aliphatic carbocycles. The van der Waals surface area contributed by atoms with Crippen molar-refractivity contribution in [1.82, 2.24) is 29.6 Å². The Balaban J connectivity index is 1.47. The number of aromatic nitrogens is 5. The van der Waals surface area contributed by atoms with Gasteiger partial charge in [-0.3, -0.25) is 19.0 Å². The SMILES string of the molecule is Nc1n[nH]c(CNC(=O)c2ccc3c(c2)n(CC2CC2)c(=O)n3C2CCCCC2)n1. The molecule has 0 atom stereocenters. The number of nitrogens with two attached hydrogens (primary N) is 1. The molecule has 0 saturated heterocycles. The third kappa shape index (κ3) is 3.59. The van der Waals surface area contributed by atoms with Crippen LogP contribution in [0.5, 0.6) is 0 Å². The number of H-pyrrole nitrogens is 1. The predicted molar refractivity (Wildman–Crippen MR) is 113 cm³/mol. The standard InChI is InChI=1S/C21H27N7O2/c22-20-24-18(25-26-20)11-23-19(29)14-8-9-16-17(10-14)27(12-13-6-7-13)21(30)28(16)15-4-2-1-3-5-15/h8-10,13,15H,1-7,11-12H2,(H,23,29)(H3,22,24,25,26). The van der Waals surface area contributed by atoms with Crippen molar-refractivity contribution in [2.24, 2.45) is 5.92 Å². The van der Waals surface area contributed by atoms with Gasteiger partial charge in [0.25, 0.3) is 5.91 Å².